The van der Waals surface area contributed by atoms with Crippen molar-refractivity contribution in [3.8, 4) is 11.6 Å². The second kappa shape index (κ2) is 5.50. The number of hydrogen-bond acceptors (Lipinski definition) is 3. The van der Waals surface area contributed by atoms with Crippen LogP contribution in [0.4, 0.5) is 8.78 Å². The van der Waals surface area contributed by atoms with E-state index < -0.39 is 11.6 Å². The standard InChI is InChI=1S/C14H12F2N2OS/c1-7-5-8(2)18-14(12(7)13(17)20)19-11-4-3-9(15)6-10(11)16/h3-6H,1-2H3,(H2,17,20). The van der Waals surface area contributed by atoms with E-state index in [4.69, 9.17) is 22.7 Å². The molecule has 0 aliphatic rings. The first-order valence-corrected chi connectivity index (χ1v) is 6.20. The summed E-state index contributed by atoms with van der Waals surface area (Å²) in [5.74, 6) is -1.53. The van der Waals surface area contributed by atoms with Crippen molar-refractivity contribution in [2.45, 2.75) is 13.8 Å². The summed E-state index contributed by atoms with van der Waals surface area (Å²) in [5, 5.41) is 0. The number of benzene rings is 1. The van der Waals surface area contributed by atoms with Crippen LogP contribution in [0.25, 0.3) is 0 Å². The van der Waals surface area contributed by atoms with Crippen molar-refractivity contribution in [2.24, 2.45) is 5.73 Å². The van der Waals surface area contributed by atoms with E-state index in [9.17, 15) is 8.78 Å². The molecule has 2 rings (SSSR count). The summed E-state index contributed by atoms with van der Waals surface area (Å²) in [6.07, 6.45) is 0. The Kier molecular flexibility index (Phi) is 3.94. The van der Waals surface area contributed by atoms with Crippen LogP contribution >= 0.6 is 12.2 Å². The molecule has 0 spiro atoms. The Balaban J connectivity index is 2.50. The summed E-state index contributed by atoms with van der Waals surface area (Å²) in [4.78, 5) is 4.27. The molecular weight excluding hydrogens is 282 g/mol. The van der Waals surface area contributed by atoms with E-state index in [1.165, 1.54) is 6.07 Å². The minimum atomic E-state index is -0.820. The third kappa shape index (κ3) is 2.91. The zero-order chi connectivity index (χ0) is 14.9. The minimum absolute atomic E-state index is 0.104. The number of rotatable bonds is 3. The summed E-state index contributed by atoms with van der Waals surface area (Å²) in [6.45, 7) is 3.57. The highest BCUT2D eigenvalue weighted by molar-refractivity contribution is 7.80. The van der Waals surface area contributed by atoms with Crippen molar-refractivity contribution in [1.82, 2.24) is 4.98 Å². The van der Waals surface area contributed by atoms with Crippen molar-refractivity contribution < 1.29 is 13.5 Å². The Morgan fingerprint density at radius 2 is 1.95 bits per heavy atom. The van der Waals surface area contributed by atoms with Crippen LogP contribution in [0.15, 0.2) is 24.3 Å². The number of ether oxygens (including phenoxy) is 1. The summed E-state index contributed by atoms with van der Waals surface area (Å²) >= 11 is 4.95. The van der Waals surface area contributed by atoms with Crippen LogP contribution in [-0.4, -0.2) is 9.97 Å². The molecular formula is C14H12F2N2OS. The number of aryl methyl sites for hydroxylation is 2. The molecule has 20 heavy (non-hydrogen) atoms. The van der Waals surface area contributed by atoms with Gasteiger partial charge in [-0.2, -0.15) is 0 Å². The molecule has 0 fully saturated rings. The molecule has 3 nitrogen and oxygen atoms in total. The van der Waals surface area contributed by atoms with Gasteiger partial charge in [0.15, 0.2) is 11.6 Å². The number of aromatic nitrogens is 1. The van der Waals surface area contributed by atoms with Gasteiger partial charge in [-0.1, -0.05) is 12.2 Å². The van der Waals surface area contributed by atoms with Gasteiger partial charge in [-0.3, -0.25) is 0 Å². The van der Waals surface area contributed by atoms with Gasteiger partial charge in [-0.25, -0.2) is 13.8 Å². The Morgan fingerprint density at radius 3 is 2.55 bits per heavy atom. The molecule has 6 heteroatoms. The van der Waals surface area contributed by atoms with Crippen LogP contribution in [0, 0.1) is 25.5 Å². The predicted octanol–water partition coefficient (Wildman–Crippen LogP) is 3.40. The van der Waals surface area contributed by atoms with Gasteiger partial charge in [0.1, 0.15) is 10.8 Å². The molecule has 0 saturated carbocycles. The monoisotopic (exact) mass is 294 g/mol. The maximum absolute atomic E-state index is 13.6. The second-order valence-corrected chi connectivity index (χ2v) is 4.74. The molecule has 0 amide bonds. The van der Waals surface area contributed by atoms with Gasteiger partial charge in [-0.15, -0.1) is 0 Å². The van der Waals surface area contributed by atoms with Gasteiger partial charge >= 0.3 is 0 Å². The van der Waals surface area contributed by atoms with Crippen LogP contribution in [0.3, 0.4) is 0 Å². The van der Waals surface area contributed by atoms with E-state index in [0.717, 1.165) is 17.7 Å². The average Bonchev–Trinajstić information content (AvgIpc) is 2.31. The molecule has 0 bridgehead atoms. The normalized spacial score (nSPS) is 10.4. The smallest absolute Gasteiger partial charge is 0.230 e. The lowest BCUT2D eigenvalue weighted by Crippen LogP contribution is -2.14. The van der Waals surface area contributed by atoms with Gasteiger partial charge in [0.25, 0.3) is 0 Å². The first-order valence-electron chi connectivity index (χ1n) is 5.79. The summed E-state index contributed by atoms with van der Waals surface area (Å²) in [5.41, 5.74) is 7.54. The van der Waals surface area contributed by atoms with Gasteiger partial charge in [-0.05, 0) is 37.6 Å². The van der Waals surface area contributed by atoms with Crippen molar-refractivity contribution in [3.63, 3.8) is 0 Å². The van der Waals surface area contributed by atoms with E-state index in [2.05, 4.69) is 4.98 Å². The number of pyridine rings is 1. The molecule has 2 N–H and O–H groups in total. The fraction of sp³-hybridized carbons (Fsp3) is 0.143. The highest BCUT2D eigenvalue weighted by Gasteiger charge is 2.15. The van der Waals surface area contributed by atoms with Crippen LogP contribution < -0.4 is 10.5 Å². The summed E-state index contributed by atoms with van der Waals surface area (Å²) in [6, 6.07) is 4.82. The average molecular weight is 294 g/mol. The van der Waals surface area contributed by atoms with Gasteiger partial charge in [0.2, 0.25) is 5.88 Å². The fourth-order valence-electron chi connectivity index (χ4n) is 1.84. The highest BCUT2D eigenvalue weighted by Crippen LogP contribution is 2.28. The molecule has 0 saturated heterocycles. The van der Waals surface area contributed by atoms with Crippen LogP contribution in [0.2, 0.25) is 0 Å². The molecule has 0 unspecified atom stereocenters. The first kappa shape index (κ1) is 14.3. The largest absolute Gasteiger partial charge is 0.435 e. The number of thiocarbonyl (C=S) groups is 1. The lowest BCUT2D eigenvalue weighted by molar-refractivity contribution is 0.422. The second-order valence-electron chi connectivity index (χ2n) is 4.30. The number of nitrogens with zero attached hydrogens (tertiary/aromatic N) is 1. The van der Waals surface area contributed by atoms with Crippen LogP contribution in [-0.2, 0) is 0 Å². The quantitative estimate of drug-likeness (QED) is 0.881. The Labute approximate surface area is 120 Å². The van der Waals surface area contributed by atoms with E-state index >= 15 is 0 Å². The molecule has 0 atom stereocenters. The fourth-order valence-corrected chi connectivity index (χ4v) is 2.09. The molecule has 2 aromatic rings. The number of hydrogen-bond donors (Lipinski definition) is 1. The first-order chi connectivity index (χ1) is 9.38. The topological polar surface area (TPSA) is 48.1 Å². The molecule has 1 heterocycles. The molecule has 104 valence electrons. The predicted molar refractivity (Wildman–Crippen MR) is 76.0 cm³/mol. The van der Waals surface area contributed by atoms with Gasteiger partial charge in [0.05, 0.1) is 5.56 Å². The lowest BCUT2D eigenvalue weighted by Gasteiger charge is -2.13. The molecule has 1 aromatic carbocycles. The molecule has 0 aliphatic carbocycles. The lowest BCUT2D eigenvalue weighted by atomic mass is 10.1. The van der Waals surface area contributed by atoms with E-state index in [1.54, 1.807) is 19.9 Å². The SMILES string of the molecule is Cc1cc(C)c(C(N)=S)c(Oc2ccc(F)cc2F)n1. The number of halogens is 2. The van der Waals surface area contributed by atoms with Gasteiger partial charge < -0.3 is 10.5 Å². The van der Waals surface area contributed by atoms with E-state index in [1.807, 2.05) is 0 Å². The third-order valence-electron chi connectivity index (χ3n) is 2.66. The third-order valence-corrected chi connectivity index (χ3v) is 2.86. The van der Waals surface area contributed by atoms with E-state index in [-0.39, 0.29) is 16.6 Å². The summed E-state index contributed by atoms with van der Waals surface area (Å²) < 4.78 is 31.9. The van der Waals surface area contributed by atoms with Crippen LogP contribution in [0.5, 0.6) is 11.6 Å². The Hall–Kier alpha value is -2.08. The minimum Gasteiger partial charge on any atom is -0.435 e. The molecule has 1 aromatic heterocycles. The molecule has 0 aliphatic heterocycles. The zero-order valence-electron chi connectivity index (χ0n) is 10.9. The van der Waals surface area contributed by atoms with E-state index in [0.29, 0.717) is 11.3 Å². The zero-order valence-corrected chi connectivity index (χ0v) is 11.7. The number of nitrogens with two attached hydrogens (primary N) is 1. The molecule has 0 radical (unpaired) electrons. The maximum atomic E-state index is 13.6. The van der Waals surface area contributed by atoms with Crippen molar-refractivity contribution in [3.05, 3.63) is 52.7 Å². The van der Waals surface area contributed by atoms with Crippen molar-refractivity contribution >= 4 is 17.2 Å². The summed E-state index contributed by atoms with van der Waals surface area (Å²) in [7, 11) is 0. The Morgan fingerprint density at radius 1 is 1.25 bits per heavy atom. The maximum Gasteiger partial charge on any atom is 0.230 e. The van der Waals surface area contributed by atoms with Crippen LogP contribution in [0.1, 0.15) is 16.8 Å². The highest BCUT2D eigenvalue weighted by atomic mass is 32.1. The van der Waals surface area contributed by atoms with Gasteiger partial charge in [0, 0.05) is 11.8 Å². The Bertz CT molecular complexity index is 689. The van der Waals surface area contributed by atoms with Crippen molar-refractivity contribution in [2.75, 3.05) is 0 Å². The van der Waals surface area contributed by atoms with Crippen molar-refractivity contribution in [1.29, 1.82) is 0 Å².